The van der Waals surface area contributed by atoms with Crippen LogP contribution < -0.4 is 5.32 Å². The molecule has 0 radical (unpaired) electrons. The number of Topliss-reactive ketones (excluding diaryl/α,β-unsaturated/α-hetero) is 1. The van der Waals surface area contributed by atoms with E-state index in [4.69, 9.17) is 9.47 Å². The van der Waals surface area contributed by atoms with E-state index in [9.17, 15) is 4.79 Å². The van der Waals surface area contributed by atoms with Crippen LogP contribution in [0.2, 0.25) is 0 Å². The minimum Gasteiger partial charge on any atom is -0.348 e. The second-order valence-electron chi connectivity index (χ2n) is 5.81. The second kappa shape index (κ2) is 5.99. The highest BCUT2D eigenvalue weighted by Gasteiger charge is 2.45. The Morgan fingerprint density at radius 1 is 1.47 bits per heavy atom. The molecule has 19 heavy (non-hydrogen) atoms. The summed E-state index contributed by atoms with van der Waals surface area (Å²) in [5.74, 6) is -0.765. The van der Waals surface area contributed by atoms with Crippen molar-refractivity contribution in [2.75, 3.05) is 20.8 Å². The summed E-state index contributed by atoms with van der Waals surface area (Å²) in [6.07, 6.45) is 3.93. The first-order chi connectivity index (χ1) is 8.80. The number of rotatable bonds is 5. The first kappa shape index (κ1) is 16.1. The summed E-state index contributed by atoms with van der Waals surface area (Å²) in [4.78, 5) is 12.3. The number of hydrogen-bond donors (Lipinski definition) is 1. The lowest BCUT2D eigenvalue weighted by Crippen LogP contribution is -2.56. The highest BCUT2D eigenvalue weighted by molar-refractivity contribution is 5.98. The van der Waals surface area contributed by atoms with Crippen LogP contribution >= 0.6 is 0 Å². The van der Waals surface area contributed by atoms with Crippen molar-refractivity contribution in [1.82, 2.24) is 5.32 Å². The van der Waals surface area contributed by atoms with Gasteiger partial charge < -0.3 is 14.8 Å². The number of ketones is 1. The maximum atomic E-state index is 12.3. The molecule has 0 fully saturated rings. The zero-order valence-electron chi connectivity index (χ0n) is 12.6. The smallest absolute Gasteiger partial charge is 0.204 e. The van der Waals surface area contributed by atoms with Crippen LogP contribution in [0.1, 0.15) is 27.2 Å². The highest BCUT2D eigenvalue weighted by atomic mass is 16.7. The van der Waals surface area contributed by atoms with Crippen molar-refractivity contribution in [1.29, 1.82) is 0 Å². The van der Waals surface area contributed by atoms with Gasteiger partial charge in [0.2, 0.25) is 5.79 Å². The molecule has 1 unspecified atom stereocenters. The number of hydrogen-bond acceptors (Lipinski definition) is 4. The molecular formula is C15H25NO3. The predicted molar refractivity (Wildman–Crippen MR) is 75.9 cm³/mol. The zero-order valence-corrected chi connectivity index (χ0v) is 12.6. The summed E-state index contributed by atoms with van der Waals surface area (Å²) in [5, 5.41) is 3.23. The van der Waals surface area contributed by atoms with Gasteiger partial charge in [-0.3, -0.25) is 4.79 Å². The number of carbonyl (C=O) groups excluding carboxylic acids is 1. The zero-order chi connectivity index (χ0) is 14.7. The quantitative estimate of drug-likeness (QED) is 0.612. The third kappa shape index (κ3) is 3.32. The van der Waals surface area contributed by atoms with Crippen LogP contribution in [0.25, 0.3) is 0 Å². The standard InChI is InChI=1S/C15H25NO3/c1-7-8-16-13-9-12(17)11(14(2,3)4)10-15(13,18-5)19-6/h7,10,13,16H,1,8-9H2,2-6H3. The second-order valence-corrected chi connectivity index (χ2v) is 5.81. The Balaban J connectivity index is 3.17. The largest absolute Gasteiger partial charge is 0.348 e. The molecule has 0 aromatic carbocycles. The van der Waals surface area contributed by atoms with Gasteiger partial charge in [0.25, 0.3) is 0 Å². The average Bonchev–Trinajstić information content (AvgIpc) is 2.35. The van der Waals surface area contributed by atoms with Gasteiger partial charge in [0, 0.05) is 32.8 Å². The van der Waals surface area contributed by atoms with Gasteiger partial charge in [0.1, 0.15) is 0 Å². The Morgan fingerprint density at radius 2 is 2.05 bits per heavy atom. The SMILES string of the molecule is C=CCNC1CC(=O)C(C(C)(C)C)=CC1(OC)OC. The summed E-state index contributed by atoms with van der Waals surface area (Å²) in [7, 11) is 3.19. The van der Waals surface area contributed by atoms with Crippen LogP contribution in [0.3, 0.4) is 0 Å². The minimum atomic E-state index is -0.903. The first-order valence-electron chi connectivity index (χ1n) is 6.52. The Morgan fingerprint density at radius 3 is 2.47 bits per heavy atom. The monoisotopic (exact) mass is 267 g/mol. The van der Waals surface area contributed by atoms with Crippen LogP contribution in [0.5, 0.6) is 0 Å². The van der Waals surface area contributed by atoms with Crippen LogP contribution in [-0.2, 0) is 14.3 Å². The van der Waals surface area contributed by atoms with Crippen molar-refractivity contribution >= 4 is 5.78 Å². The Kier molecular flexibility index (Phi) is 5.07. The van der Waals surface area contributed by atoms with Crippen LogP contribution in [-0.4, -0.2) is 38.4 Å². The van der Waals surface area contributed by atoms with E-state index < -0.39 is 5.79 Å². The summed E-state index contributed by atoms with van der Waals surface area (Å²) in [5.41, 5.74) is 0.538. The van der Waals surface area contributed by atoms with Gasteiger partial charge in [-0.15, -0.1) is 6.58 Å². The van der Waals surface area contributed by atoms with E-state index in [1.165, 1.54) is 0 Å². The predicted octanol–water partition coefficient (Wildman–Crippen LogP) is 2.06. The molecule has 1 aliphatic carbocycles. The van der Waals surface area contributed by atoms with E-state index in [-0.39, 0.29) is 17.2 Å². The molecule has 1 aliphatic rings. The van der Waals surface area contributed by atoms with Crippen molar-refractivity contribution in [2.24, 2.45) is 5.41 Å². The molecule has 108 valence electrons. The third-order valence-electron chi connectivity index (χ3n) is 3.48. The lowest BCUT2D eigenvalue weighted by atomic mass is 9.76. The first-order valence-corrected chi connectivity index (χ1v) is 6.52. The summed E-state index contributed by atoms with van der Waals surface area (Å²) in [6, 6.07) is -0.209. The van der Waals surface area contributed by atoms with Gasteiger partial charge in [-0.25, -0.2) is 0 Å². The molecule has 0 bridgehead atoms. The number of nitrogens with one attached hydrogen (secondary N) is 1. The Bertz CT molecular complexity index is 375. The van der Waals surface area contributed by atoms with Crippen LogP contribution in [0.4, 0.5) is 0 Å². The maximum Gasteiger partial charge on any atom is 0.204 e. The maximum absolute atomic E-state index is 12.3. The van der Waals surface area contributed by atoms with Gasteiger partial charge in [0.05, 0.1) is 6.04 Å². The minimum absolute atomic E-state index is 0.138. The van der Waals surface area contributed by atoms with Gasteiger partial charge in [0.15, 0.2) is 5.78 Å². The van der Waals surface area contributed by atoms with Crippen molar-refractivity contribution in [3.63, 3.8) is 0 Å². The van der Waals surface area contributed by atoms with Gasteiger partial charge in [-0.05, 0) is 11.5 Å². The molecule has 4 nitrogen and oxygen atoms in total. The number of carbonyl (C=O) groups is 1. The van der Waals surface area contributed by atoms with Gasteiger partial charge >= 0.3 is 0 Å². The molecule has 0 heterocycles. The Hall–Kier alpha value is -0.970. The van der Waals surface area contributed by atoms with E-state index in [1.54, 1.807) is 20.3 Å². The van der Waals surface area contributed by atoms with Crippen molar-refractivity contribution in [3.05, 3.63) is 24.3 Å². The molecule has 4 heteroatoms. The lowest BCUT2D eigenvalue weighted by Gasteiger charge is -2.41. The number of allylic oxidation sites excluding steroid dienone is 1. The van der Waals surface area contributed by atoms with E-state index >= 15 is 0 Å². The molecule has 0 aliphatic heterocycles. The van der Waals surface area contributed by atoms with Gasteiger partial charge in [-0.2, -0.15) is 0 Å². The fraction of sp³-hybridized carbons (Fsp3) is 0.667. The normalized spacial score (nSPS) is 23.1. The van der Waals surface area contributed by atoms with E-state index in [0.717, 1.165) is 5.57 Å². The molecule has 0 aromatic rings. The molecule has 0 saturated heterocycles. The molecule has 1 N–H and O–H groups in total. The lowest BCUT2D eigenvalue weighted by molar-refractivity contribution is -0.194. The van der Waals surface area contributed by atoms with Crippen LogP contribution in [0, 0.1) is 5.41 Å². The summed E-state index contributed by atoms with van der Waals surface area (Å²) >= 11 is 0. The summed E-state index contributed by atoms with van der Waals surface area (Å²) < 4.78 is 11.1. The fourth-order valence-corrected chi connectivity index (χ4v) is 2.38. The number of methoxy groups -OCH3 is 2. The van der Waals surface area contributed by atoms with E-state index in [0.29, 0.717) is 13.0 Å². The van der Waals surface area contributed by atoms with E-state index in [2.05, 4.69) is 11.9 Å². The summed E-state index contributed by atoms with van der Waals surface area (Å²) in [6.45, 7) is 10.3. The third-order valence-corrected chi connectivity index (χ3v) is 3.48. The molecule has 1 rings (SSSR count). The molecule has 1 atom stereocenters. The van der Waals surface area contributed by atoms with Crippen LogP contribution in [0.15, 0.2) is 24.3 Å². The molecular weight excluding hydrogens is 242 g/mol. The number of ether oxygens (including phenoxy) is 2. The average molecular weight is 267 g/mol. The highest BCUT2D eigenvalue weighted by Crippen LogP contribution is 2.36. The molecule has 0 saturated carbocycles. The van der Waals surface area contributed by atoms with Gasteiger partial charge in [-0.1, -0.05) is 26.8 Å². The molecule has 0 spiro atoms. The molecule has 0 aromatic heterocycles. The van der Waals surface area contributed by atoms with Crippen molar-refractivity contribution in [2.45, 2.75) is 39.0 Å². The topological polar surface area (TPSA) is 47.6 Å². The molecule has 0 amide bonds. The van der Waals surface area contributed by atoms with Crippen molar-refractivity contribution in [3.8, 4) is 0 Å². The van der Waals surface area contributed by atoms with E-state index in [1.807, 2.05) is 26.8 Å². The Labute approximate surface area is 115 Å². The fourth-order valence-electron chi connectivity index (χ4n) is 2.38. The van der Waals surface area contributed by atoms with Crippen molar-refractivity contribution < 1.29 is 14.3 Å².